The van der Waals surface area contributed by atoms with Crippen LogP contribution in [0.3, 0.4) is 0 Å². The monoisotopic (exact) mass is 473 g/mol. The zero-order valence-corrected chi connectivity index (χ0v) is 19.2. The first kappa shape index (κ1) is 23.1. The molecule has 2 N–H and O–H groups in total. The third-order valence-corrected chi connectivity index (χ3v) is 8.16. The van der Waals surface area contributed by atoms with Crippen LogP contribution < -0.4 is 5.48 Å². The Morgan fingerprint density at radius 1 is 1.09 bits per heavy atom. The first-order valence-electron chi connectivity index (χ1n) is 10.8. The molecule has 11 heteroatoms. The normalized spacial score (nSPS) is 18.1. The Bertz CT molecular complexity index is 1160. The SMILES string of the molecule is CC(=O)N1CCC(n2cc(-c3ccc(S(=O)(=O)N4CC=C(C(=O)NO)CC4)cc3)cn2)CC1. The highest BCUT2D eigenvalue weighted by atomic mass is 32.2. The van der Waals surface area contributed by atoms with Crippen molar-refractivity contribution in [2.45, 2.75) is 37.1 Å². The van der Waals surface area contributed by atoms with Crippen molar-refractivity contribution < 1.29 is 23.2 Å². The van der Waals surface area contributed by atoms with Crippen molar-refractivity contribution in [3.8, 4) is 11.1 Å². The molecule has 4 rings (SSSR count). The van der Waals surface area contributed by atoms with E-state index in [0.29, 0.717) is 5.57 Å². The Hall–Kier alpha value is -3.02. The lowest BCUT2D eigenvalue weighted by atomic mass is 10.1. The van der Waals surface area contributed by atoms with Crippen molar-refractivity contribution in [2.75, 3.05) is 26.2 Å². The molecule has 33 heavy (non-hydrogen) atoms. The molecule has 0 atom stereocenters. The fourth-order valence-corrected chi connectivity index (χ4v) is 5.63. The van der Waals surface area contributed by atoms with Gasteiger partial charge in [0, 0.05) is 50.4 Å². The van der Waals surface area contributed by atoms with Gasteiger partial charge in [-0.25, -0.2) is 13.9 Å². The summed E-state index contributed by atoms with van der Waals surface area (Å²) in [5, 5.41) is 13.2. The zero-order valence-electron chi connectivity index (χ0n) is 18.3. The largest absolute Gasteiger partial charge is 0.343 e. The summed E-state index contributed by atoms with van der Waals surface area (Å²) in [4.78, 5) is 25.0. The number of amides is 2. The summed E-state index contributed by atoms with van der Waals surface area (Å²) in [7, 11) is -3.70. The highest BCUT2D eigenvalue weighted by Gasteiger charge is 2.28. The van der Waals surface area contributed by atoms with Crippen LogP contribution in [0.1, 0.15) is 32.2 Å². The topological polar surface area (TPSA) is 125 Å². The van der Waals surface area contributed by atoms with Gasteiger partial charge in [-0.15, -0.1) is 0 Å². The number of carbonyl (C=O) groups is 2. The zero-order chi connectivity index (χ0) is 23.6. The molecule has 2 aliphatic heterocycles. The first-order chi connectivity index (χ1) is 15.8. The number of piperidine rings is 1. The van der Waals surface area contributed by atoms with Gasteiger partial charge in [-0.1, -0.05) is 18.2 Å². The Kier molecular flexibility index (Phi) is 6.63. The van der Waals surface area contributed by atoms with E-state index in [1.807, 2.05) is 15.8 Å². The Balaban J connectivity index is 1.43. The van der Waals surface area contributed by atoms with Crippen molar-refractivity contribution in [3.05, 3.63) is 48.3 Å². The van der Waals surface area contributed by atoms with Gasteiger partial charge in [0.25, 0.3) is 5.91 Å². The van der Waals surface area contributed by atoms with E-state index in [1.165, 1.54) is 10.4 Å². The van der Waals surface area contributed by atoms with Gasteiger partial charge in [0.15, 0.2) is 0 Å². The van der Waals surface area contributed by atoms with E-state index in [9.17, 15) is 18.0 Å². The third-order valence-electron chi connectivity index (χ3n) is 6.28. The fourth-order valence-electron chi connectivity index (χ4n) is 4.25. The van der Waals surface area contributed by atoms with Gasteiger partial charge in [-0.05, 0) is 37.0 Å². The van der Waals surface area contributed by atoms with Crippen LogP contribution >= 0.6 is 0 Å². The average molecular weight is 474 g/mol. The van der Waals surface area contributed by atoms with Gasteiger partial charge >= 0.3 is 0 Å². The summed E-state index contributed by atoms with van der Waals surface area (Å²) >= 11 is 0. The predicted molar refractivity (Wildman–Crippen MR) is 120 cm³/mol. The molecule has 0 radical (unpaired) electrons. The number of benzene rings is 1. The van der Waals surface area contributed by atoms with Gasteiger partial charge in [0.1, 0.15) is 0 Å². The summed E-state index contributed by atoms with van der Waals surface area (Å²) in [5.41, 5.74) is 3.70. The summed E-state index contributed by atoms with van der Waals surface area (Å²) in [5.74, 6) is -0.511. The Morgan fingerprint density at radius 3 is 2.36 bits per heavy atom. The summed E-state index contributed by atoms with van der Waals surface area (Å²) in [6.07, 6.45) is 7.17. The quantitative estimate of drug-likeness (QED) is 0.502. The second kappa shape index (κ2) is 9.46. The smallest absolute Gasteiger partial charge is 0.270 e. The van der Waals surface area contributed by atoms with Crippen molar-refractivity contribution >= 4 is 21.8 Å². The minimum absolute atomic E-state index is 0.0715. The minimum atomic E-state index is -3.70. The molecule has 0 spiro atoms. The molecule has 176 valence electrons. The number of aromatic nitrogens is 2. The van der Waals surface area contributed by atoms with E-state index >= 15 is 0 Å². The summed E-state index contributed by atoms with van der Waals surface area (Å²) < 4.78 is 29.2. The molecule has 3 heterocycles. The average Bonchev–Trinajstić information content (AvgIpc) is 3.34. The van der Waals surface area contributed by atoms with Crippen LogP contribution in [0, 0.1) is 0 Å². The van der Waals surface area contributed by atoms with Gasteiger partial charge in [-0.2, -0.15) is 9.40 Å². The van der Waals surface area contributed by atoms with Crippen molar-refractivity contribution in [1.82, 2.24) is 24.5 Å². The molecule has 1 aromatic carbocycles. The molecule has 10 nitrogen and oxygen atoms in total. The highest BCUT2D eigenvalue weighted by molar-refractivity contribution is 7.89. The highest BCUT2D eigenvalue weighted by Crippen LogP contribution is 2.27. The molecule has 0 bridgehead atoms. The molecule has 2 amide bonds. The lowest BCUT2D eigenvalue weighted by molar-refractivity contribution is -0.130. The molecule has 1 saturated heterocycles. The maximum absolute atomic E-state index is 13.0. The number of nitrogens with one attached hydrogen (secondary N) is 1. The molecule has 0 aliphatic carbocycles. The van der Waals surface area contributed by atoms with Crippen LogP contribution in [0.15, 0.2) is 53.2 Å². The first-order valence-corrected chi connectivity index (χ1v) is 12.3. The van der Waals surface area contributed by atoms with Crippen LogP contribution in [-0.2, 0) is 19.6 Å². The lowest BCUT2D eigenvalue weighted by Gasteiger charge is -2.31. The standard InChI is InChI=1S/C22H27N5O5S/c1-16(28)25-10-8-20(9-11-25)27-15-19(14-23-27)17-2-4-21(5-3-17)33(31,32)26-12-6-18(7-13-26)22(29)24-30/h2-6,14-15,20,30H,7-13H2,1H3,(H,24,29). The van der Waals surface area contributed by atoms with E-state index in [0.717, 1.165) is 37.1 Å². The van der Waals surface area contributed by atoms with Crippen LogP contribution in [0.4, 0.5) is 0 Å². The van der Waals surface area contributed by atoms with Gasteiger partial charge in [0.2, 0.25) is 15.9 Å². The number of rotatable bonds is 5. The van der Waals surface area contributed by atoms with Crippen LogP contribution in [0.2, 0.25) is 0 Å². The number of hydrogen-bond donors (Lipinski definition) is 2. The summed E-state index contributed by atoms with van der Waals surface area (Å²) in [6.45, 7) is 3.27. The number of nitrogens with zero attached hydrogens (tertiary/aromatic N) is 4. The second-order valence-electron chi connectivity index (χ2n) is 8.25. The molecule has 1 fully saturated rings. The van der Waals surface area contributed by atoms with E-state index < -0.39 is 15.9 Å². The maximum atomic E-state index is 13.0. The van der Waals surface area contributed by atoms with E-state index in [2.05, 4.69) is 5.10 Å². The van der Waals surface area contributed by atoms with E-state index in [-0.39, 0.29) is 36.4 Å². The Morgan fingerprint density at radius 2 is 1.79 bits per heavy atom. The van der Waals surface area contributed by atoms with Crippen molar-refractivity contribution in [3.63, 3.8) is 0 Å². The fraction of sp³-hybridized carbons (Fsp3) is 0.409. The second-order valence-corrected chi connectivity index (χ2v) is 10.2. The molecule has 2 aromatic rings. The van der Waals surface area contributed by atoms with E-state index in [4.69, 9.17) is 5.21 Å². The molecule has 0 saturated carbocycles. The van der Waals surface area contributed by atoms with Gasteiger partial charge in [-0.3, -0.25) is 19.5 Å². The summed E-state index contributed by atoms with van der Waals surface area (Å²) in [6, 6.07) is 6.91. The van der Waals surface area contributed by atoms with E-state index in [1.54, 1.807) is 42.9 Å². The van der Waals surface area contributed by atoms with Crippen molar-refractivity contribution in [2.24, 2.45) is 0 Å². The molecule has 2 aliphatic rings. The number of sulfonamides is 1. The third kappa shape index (κ3) is 4.85. The van der Waals surface area contributed by atoms with Crippen LogP contribution in [0.5, 0.6) is 0 Å². The number of carbonyl (C=O) groups excluding carboxylic acids is 2. The minimum Gasteiger partial charge on any atom is -0.343 e. The van der Waals surface area contributed by atoms with Gasteiger partial charge in [0.05, 0.1) is 17.1 Å². The van der Waals surface area contributed by atoms with Crippen LogP contribution in [-0.4, -0.2) is 70.6 Å². The maximum Gasteiger partial charge on any atom is 0.270 e. The molecular weight excluding hydrogens is 446 g/mol. The molecule has 0 unspecified atom stereocenters. The molecular formula is C22H27N5O5S. The number of hydrogen-bond acceptors (Lipinski definition) is 6. The van der Waals surface area contributed by atoms with Crippen LogP contribution in [0.25, 0.3) is 11.1 Å². The number of likely N-dealkylation sites (tertiary alicyclic amines) is 1. The Labute approximate surface area is 192 Å². The van der Waals surface area contributed by atoms with Gasteiger partial charge < -0.3 is 4.90 Å². The lowest BCUT2D eigenvalue weighted by Crippen LogP contribution is -2.37. The number of hydroxylamine groups is 1. The van der Waals surface area contributed by atoms with Crippen molar-refractivity contribution in [1.29, 1.82) is 0 Å². The predicted octanol–water partition coefficient (Wildman–Crippen LogP) is 1.56. The molecule has 1 aromatic heterocycles.